The lowest BCUT2D eigenvalue weighted by Gasteiger charge is -2.22. The number of ether oxygens (including phenoxy) is 2. The predicted molar refractivity (Wildman–Crippen MR) is 82.4 cm³/mol. The molecule has 2 aliphatic heterocycles. The van der Waals surface area contributed by atoms with Crippen LogP contribution in [0.5, 0.6) is 0 Å². The van der Waals surface area contributed by atoms with Gasteiger partial charge in [0.1, 0.15) is 0 Å². The summed E-state index contributed by atoms with van der Waals surface area (Å²) in [6, 6.07) is -0.175. The molecule has 2 aliphatic rings. The summed E-state index contributed by atoms with van der Waals surface area (Å²) < 4.78 is 34.0. The van der Waals surface area contributed by atoms with Crippen molar-refractivity contribution in [1.29, 1.82) is 0 Å². The monoisotopic (exact) mass is 334 g/mol. The van der Waals surface area contributed by atoms with Gasteiger partial charge in [-0.2, -0.15) is 0 Å². The SMILES string of the molecule is CC1(CCCCNC(=O)N2CCC(S(C)(=O)=O)C2)OCCO1. The fourth-order valence-electron chi connectivity index (χ4n) is 2.84. The molecule has 2 fully saturated rings. The molecule has 22 heavy (non-hydrogen) atoms. The van der Waals surface area contributed by atoms with E-state index in [0.717, 1.165) is 19.3 Å². The molecule has 8 heteroatoms. The van der Waals surface area contributed by atoms with Gasteiger partial charge in [-0.15, -0.1) is 0 Å². The maximum absolute atomic E-state index is 12.0. The third-order valence-corrected chi connectivity index (χ3v) is 5.87. The first-order chi connectivity index (χ1) is 10.3. The largest absolute Gasteiger partial charge is 0.348 e. The van der Waals surface area contributed by atoms with Crippen LogP contribution >= 0.6 is 0 Å². The van der Waals surface area contributed by atoms with E-state index in [9.17, 15) is 13.2 Å². The minimum atomic E-state index is -3.06. The van der Waals surface area contributed by atoms with Gasteiger partial charge in [0, 0.05) is 32.3 Å². The molecule has 2 heterocycles. The van der Waals surface area contributed by atoms with Crippen molar-refractivity contribution in [2.45, 2.75) is 43.6 Å². The Bertz CT molecular complexity index is 487. The maximum atomic E-state index is 12.0. The number of carbonyl (C=O) groups excluding carboxylic acids is 1. The van der Waals surface area contributed by atoms with Gasteiger partial charge in [-0.05, 0) is 26.2 Å². The van der Waals surface area contributed by atoms with Crippen LogP contribution in [0.1, 0.15) is 32.6 Å². The van der Waals surface area contributed by atoms with Gasteiger partial charge in [0.05, 0.1) is 18.5 Å². The number of hydrogen-bond acceptors (Lipinski definition) is 5. The fraction of sp³-hybridized carbons (Fsp3) is 0.929. The Hall–Kier alpha value is -0.860. The van der Waals surface area contributed by atoms with Crippen molar-refractivity contribution in [3.05, 3.63) is 0 Å². The van der Waals surface area contributed by atoms with Crippen molar-refractivity contribution < 1.29 is 22.7 Å². The summed E-state index contributed by atoms with van der Waals surface area (Å²) in [6.07, 6.45) is 4.31. The molecule has 2 saturated heterocycles. The topological polar surface area (TPSA) is 84.9 Å². The van der Waals surface area contributed by atoms with Crippen molar-refractivity contribution in [2.75, 3.05) is 39.1 Å². The van der Waals surface area contributed by atoms with Gasteiger partial charge < -0.3 is 19.7 Å². The molecular weight excluding hydrogens is 308 g/mol. The number of carbonyl (C=O) groups is 1. The number of rotatable bonds is 6. The average molecular weight is 334 g/mol. The standard InChI is InChI=1S/C14H26N2O5S/c1-14(20-9-10-21-14)6-3-4-7-15-13(17)16-8-5-12(11-16)22(2,18)19/h12H,3-11H2,1-2H3,(H,15,17). The van der Waals surface area contributed by atoms with Gasteiger partial charge in [-0.3, -0.25) is 0 Å². The lowest BCUT2D eigenvalue weighted by molar-refractivity contribution is -0.147. The van der Waals surface area contributed by atoms with Crippen molar-refractivity contribution in [2.24, 2.45) is 0 Å². The van der Waals surface area contributed by atoms with Crippen LogP contribution in [0.2, 0.25) is 0 Å². The van der Waals surface area contributed by atoms with E-state index in [0.29, 0.717) is 39.3 Å². The first-order valence-corrected chi connectivity index (χ1v) is 9.75. The van der Waals surface area contributed by atoms with Crippen LogP contribution in [0.4, 0.5) is 4.79 Å². The van der Waals surface area contributed by atoms with Crippen LogP contribution in [0.15, 0.2) is 0 Å². The second-order valence-corrected chi connectivity index (χ2v) is 8.53. The zero-order chi connectivity index (χ0) is 16.2. The van der Waals surface area contributed by atoms with E-state index in [2.05, 4.69) is 5.32 Å². The number of sulfone groups is 1. The second kappa shape index (κ2) is 7.14. The Kier molecular flexibility index (Phi) is 5.68. The van der Waals surface area contributed by atoms with Crippen molar-refractivity contribution in [3.8, 4) is 0 Å². The van der Waals surface area contributed by atoms with Gasteiger partial charge in [-0.1, -0.05) is 0 Å². The molecule has 1 atom stereocenters. The lowest BCUT2D eigenvalue weighted by Crippen LogP contribution is -2.40. The van der Waals surface area contributed by atoms with E-state index in [4.69, 9.17) is 9.47 Å². The summed E-state index contributed by atoms with van der Waals surface area (Å²) in [4.78, 5) is 13.6. The third-order valence-electron chi connectivity index (χ3n) is 4.27. The molecule has 0 aromatic heterocycles. The van der Waals surface area contributed by atoms with E-state index in [1.54, 1.807) is 4.90 Å². The molecular formula is C14H26N2O5S. The normalized spacial score (nSPS) is 24.6. The number of hydrogen-bond donors (Lipinski definition) is 1. The zero-order valence-corrected chi connectivity index (χ0v) is 14.2. The highest BCUT2D eigenvalue weighted by Gasteiger charge is 2.32. The van der Waals surface area contributed by atoms with Crippen LogP contribution in [0.3, 0.4) is 0 Å². The Balaban J connectivity index is 1.60. The molecule has 0 aromatic rings. The maximum Gasteiger partial charge on any atom is 0.317 e. The summed E-state index contributed by atoms with van der Waals surface area (Å²) in [5.41, 5.74) is 0. The molecule has 2 rings (SSSR count). The van der Waals surface area contributed by atoms with Gasteiger partial charge in [0.25, 0.3) is 0 Å². The second-order valence-electron chi connectivity index (χ2n) is 6.21. The summed E-state index contributed by atoms with van der Waals surface area (Å²) in [5.74, 6) is -0.471. The third kappa shape index (κ3) is 4.82. The average Bonchev–Trinajstić information content (AvgIpc) is 3.06. The van der Waals surface area contributed by atoms with E-state index < -0.39 is 20.9 Å². The van der Waals surface area contributed by atoms with E-state index in [-0.39, 0.29) is 6.03 Å². The van der Waals surface area contributed by atoms with Crippen molar-refractivity contribution in [3.63, 3.8) is 0 Å². The zero-order valence-electron chi connectivity index (χ0n) is 13.3. The summed E-state index contributed by atoms with van der Waals surface area (Å²) >= 11 is 0. The quantitative estimate of drug-likeness (QED) is 0.725. The molecule has 0 spiro atoms. The van der Waals surface area contributed by atoms with Crippen LogP contribution in [0.25, 0.3) is 0 Å². The van der Waals surface area contributed by atoms with Gasteiger partial charge >= 0.3 is 6.03 Å². The molecule has 7 nitrogen and oxygen atoms in total. The number of nitrogens with zero attached hydrogens (tertiary/aromatic N) is 1. The summed E-state index contributed by atoms with van der Waals surface area (Å²) in [5, 5.41) is 2.42. The Labute approximate surface area is 132 Å². The number of unbranched alkanes of at least 4 members (excludes halogenated alkanes) is 1. The minimum absolute atomic E-state index is 0.175. The molecule has 0 radical (unpaired) electrons. The molecule has 2 amide bonds. The Morgan fingerprint density at radius 2 is 2.00 bits per heavy atom. The highest BCUT2D eigenvalue weighted by molar-refractivity contribution is 7.91. The number of urea groups is 1. The number of nitrogens with one attached hydrogen (secondary N) is 1. The number of likely N-dealkylation sites (tertiary alicyclic amines) is 1. The van der Waals surface area contributed by atoms with Crippen LogP contribution < -0.4 is 5.32 Å². The number of amides is 2. The molecule has 0 bridgehead atoms. The summed E-state index contributed by atoms with van der Waals surface area (Å²) in [6.45, 7) is 4.60. The first kappa shape index (κ1) is 17.5. The molecule has 128 valence electrons. The highest BCUT2D eigenvalue weighted by Crippen LogP contribution is 2.24. The highest BCUT2D eigenvalue weighted by atomic mass is 32.2. The Morgan fingerprint density at radius 3 is 2.59 bits per heavy atom. The lowest BCUT2D eigenvalue weighted by atomic mass is 10.1. The predicted octanol–water partition coefficient (Wildman–Crippen LogP) is 0.748. The first-order valence-electron chi connectivity index (χ1n) is 7.80. The molecule has 1 unspecified atom stereocenters. The van der Waals surface area contributed by atoms with Crippen molar-refractivity contribution >= 4 is 15.9 Å². The minimum Gasteiger partial charge on any atom is -0.348 e. The van der Waals surface area contributed by atoms with Gasteiger partial charge in [0.2, 0.25) is 0 Å². The van der Waals surface area contributed by atoms with Crippen LogP contribution in [-0.4, -0.2) is 69.5 Å². The van der Waals surface area contributed by atoms with Crippen molar-refractivity contribution in [1.82, 2.24) is 10.2 Å². The van der Waals surface area contributed by atoms with E-state index in [1.807, 2.05) is 6.92 Å². The van der Waals surface area contributed by atoms with Crippen LogP contribution in [0, 0.1) is 0 Å². The molecule has 1 N–H and O–H groups in total. The van der Waals surface area contributed by atoms with E-state index in [1.165, 1.54) is 6.26 Å². The van der Waals surface area contributed by atoms with Crippen LogP contribution in [-0.2, 0) is 19.3 Å². The van der Waals surface area contributed by atoms with E-state index >= 15 is 0 Å². The Morgan fingerprint density at radius 1 is 1.32 bits per heavy atom. The van der Waals surface area contributed by atoms with Gasteiger partial charge in [0.15, 0.2) is 15.6 Å². The molecule has 0 aromatic carbocycles. The molecule has 0 saturated carbocycles. The fourth-order valence-corrected chi connectivity index (χ4v) is 3.83. The summed E-state index contributed by atoms with van der Waals surface area (Å²) in [7, 11) is -3.06. The smallest absolute Gasteiger partial charge is 0.317 e. The molecule has 0 aliphatic carbocycles. The van der Waals surface area contributed by atoms with Gasteiger partial charge in [-0.25, -0.2) is 13.2 Å².